The first-order valence-corrected chi connectivity index (χ1v) is 41.3. The maximum atomic E-state index is 13.1. The van der Waals surface area contributed by atoms with E-state index in [2.05, 4.69) is 55.4 Å². The molecule has 0 aromatic carbocycles. The van der Waals surface area contributed by atoms with Crippen molar-refractivity contribution in [2.24, 2.45) is 23.7 Å². The van der Waals surface area contributed by atoms with E-state index in [1.54, 1.807) is 0 Å². The van der Waals surface area contributed by atoms with Crippen LogP contribution in [0, 0.1) is 23.7 Å². The summed E-state index contributed by atoms with van der Waals surface area (Å²) in [6.07, 6.45) is 47.1. The molecule has 0 radical (unpaired) electrons. The van der Waals surface area contributed by atoms with Crippen molar-refractivity contribution in [3.63, 3.8) is 0 Å². The zero-order valence-electron chi connectivity index (χ0n) is 60.9. The molecule has 93 heavy (non-hydrogen) atoms. The molecule has 0 saturated heterocycles. The number of carbonyl (C=O) groups is 4. The van der Waals surface area contributed by atoms with Gasteiger partial charge in [0.25, 0.3) is 0 Å². The van der Waals surface area contributed by atoms with Crippen LogP contribution in [0.2, 0.25) is 0 Å². The van der Waals surface area contributed by atoms with E-state index in [1.807, 2.05) is 0 Å². The van der Waals surface area contributed by atoms with Gasteiger partial charge in [-0.1, -0.05) is 319 Å². The van der Waals surface area contributed by atoms with Gasteiger partial charge in [-0.15, -0.1) is 0 Å². The minimum Gasteiger partial charge on any atom is -0.462 e. The molecule has 8 atom stereocenters. The first-order valence-electron chi connectivity index (χ1n) is 38.3. The average molecular weight is 1370 g/mol. The Labute approximate surface area is 568 Å². The molecule has 0 aliphatic rings. The van der Waals surface area contributed by atoms with Crippen LogP contribution in [0.1, 0.15) is 370 Å². The van der Waals surface area contributed by atoms with Crippen molar-refractivity contribution in [1.29, 1.82) is 0 Å². The van der Waals surface area contributed by atoms with Gasteiger partial charge in [0.15, 0.2) is 12.2 Å². The minimum atomic E-state index is -4.96. The number of unbranched alkanes of at least 4 members (excludes halogenated alkanes) is 34. The molecule has 0 aromatic heterocycles. The van der Waals surface area contributed by atoms with Gasteiger partial charge in [0, 0.05) is 25.7 Å². The van der Waals surface area contributed by atoms with E-state index < -0.39 is 97.5 Å². The highest BCUT2D eigenvalue weighted by molar-refractivity contribution is 7.47. The average Bonchev–Trinajstić information content (AvgIpc) is 1.99. The second kappa shape index (κ2) is 63.5. The fourth-order valence-electron chi connectivity index (χ4n) is 11.1. The van der Waals surface area contributed by atoms with E-state index in [0.29, 0.717) is 25.7 Å². The number of esters is 4. The number of phosphoric ester groups is 2. The monoisotopic (exact) mass is 1370 g/mol. The first-order chi connectivity index (χ1) is 44.7. The predicted molar refractivity (Wildman–Crippen MR) is 377 cm³/mol. The summed E-state index contributed by atoms with van der Waals surface area (Å²) in [6.45, 7) is 14.2. The molecule has 0 heterocycles. The number of hydrogen-bond donors (Lipinski definition) is 3. The summed E-state index contributed by atoms with van der Waals surface area (Å²) in [5.74, 6) is 0.977. The second-order valence-electron chi connectivity index (χ2n) is 27.9. The number of ether oxygens (including phenoxy) is 4. The molecular formula is C74H144O17P2. The molecule has 552 valence electrons. The van der Waals surface area contributed by atoms with Crippen LogP contribution in [0.3, 0.4) is 0 Å². The zero-order chi connectivity index (χ0) is 68.9. The van der Waals surface area contributed by atoms with E-state index in [4.69, 9.17) is 37.0 Å². The van der Waals surface area contributed by atoms with Crippen molar-refractivity contribution < 1.29 is 80.2 Å². The van der Waals surface area contributed by atoms with Crippen LogP contribution in [-0.2, 0) is 65.4 Å². The van der Waals surface area contributed by atoms with Crippen molar-refractivity contribution in [3.05, 3.63) is 0 Å². The van der Waals surface area contributed by atoms with E-state index in [-0.39, 0.29) is 25.7 Å². The molecule has 0 fully saturated rings. The highest BCUT2D eigenvalue weighted by atomic mass is 31.2. The fourth-order valence-corrected chi connectivity index (χ4v) is 12.7. The quantitative estimate of drug-likeness (QED) is 0.0222. The maximum Gasteiger partial charge on any atom is 0.472 e. The molecule has 5 unspecified atom stereocenters. The third kappa shape index (κ3) is 64.5. The van der Waals surface area contributed by atoms with Gasteiger partial charge in [-0.3, -0.25) is 37.3 Å². The summed E-state index contributed by atoms with van der Waals surface area (Å²) in [5.41, 5.74) is 0. The van der Waals surface area contributed by atoms with Gasteiger partial charge in [-0.05, 0) is 49.4 Å². The predicted octanol–water partition coefficient (Wildman–Crippen LogP) is 21.3. The Morgan fingerprint density at radius 2 is 0.516 bits per heavy atom. The highest BCUT2D eigenvalue weighted by Crippen LogP contribution is 2.45. The van der Waals surface area contributed by atoms with Crippen molar-refractivity contribution >= 4 is 39.5 Å². The van der Waals surface area contributed by atoms with Gasteiger partial charge >= 0.3 is 39.5 Å². The SMILES string of the molecule is CCC(C)CCCCCCCCCCCCC(=O)O[C@H](COC(=O)CCCCCCCCCCCCCCCCC(C)C)COP(=O)(O)OC[C@@H](O)COP(=O)(O)OC[C@@H](COC(=O)CCCCCCCCC(C)CC)OC(=O)CCCCCCCCCCC(C)CC. The number of phosphoric acid groups is 2. The molecule has 0 aliphatic carbocycles. The lowest BCUT2D eigenvalue weighted by molar-refractivity contribution is -0.161. The molecular weight excluding hydrogens is 1220 g/mol. The normalized spacial score (nSPS) is 15.1. The molecule has 0 amide bonds. The van der Waals surface area contributed by atoms with Crippen LogP contribution in [-0.4, -0.2) is 96.7 Å². The number of rotatable bonds is 71. The smallest absolute Gasteiger partial charge is 0.462 e. The Kier molecular flexibility index (Phi) is 62.2. The number of hydrogen-bond acceptors (Lipinski definition) is 15. The molecule has 0 saturated carbocycles. The molecule has 0 aliphatic heterocycles. The van der Waals surface area contributed by atoms with E-state index in [9.17, 15) is 43.2 Å². The van der Waals surface area contributed by atoms with Gasteiger partial charge in [-0.25, -0.2) is 9.13 Å². The molecule has 0 aromatic rings. The van der Waals surface area contributed by atoms with Crippen LogP contribution in [0.5, 0.6) is 0 Å². The van der Waals surface area contributed by atoms with E-state index in [0.717, 1.165) is 120 Å². The van der Waals surface area contributed by atoms with Crippen molar-refractivity contribution in [1.82, 2.24) is 0 Å². The van der Waals surface area contributed by atoms with Crippen LogP contribution in [0.15, 0.2) is 0 Å². The Morgan fingerprint density at radius 1 is 0.301 bits per heavy atom. The molecule has 17 nitrogen and oxygen atoms in total. The standard InChI is InChI=1S/C74H144O17P2/c1-9-65(6)51-43-35-27-21-18-19-23-30-40-48-56-73(78)90-69(60-84-71(76)54-46-38-29-22-17-15-13-12-14-16-20-26-34-42-50-64(4)5)62-88-92(80,81)86-58-68(75)59-87-93(82,83)89-63-70(61-85-72(77)55-47-39-33-32-37-45-53-67(8)11-3)91-74(79)57-49-41-31-25-24-28-36-44-52-66(7)10-2/h64-70,75H,9-63H2,1-8H3,(H,80,81)(H,82,83)/t65?,66?,67?,68-,69-,70-/m1/s1. The Hall–Kier alpha value is -1.94. The van der Waals surface area contributed by atoms with Gasteiger partial charge in [0.05, 0.1) is 26.4 Å². The van der Waals surface area contributed by atoms with Crippen molar-refractivity contribution in [3.8, 4) is 0 Å². The van der Waals surface area contributed by atoms with Crippen molar-refractivity contribution in [2.75, 3.05) is 39.6 Å². The molecule has 0 bridgehead atoms. The van der Waals surface area contributed by atoms with Gasteiger partial charge in [0.2, 0.25) is 0 Å². The van der Waals surface area contributed by atoms with Crippen LogP contribution in [0.4, 0.5) is 0 Å². The maximum absolute atomic E-state index is 13.1. The molecule has 3 N–H and O–H groups in total. The van der Waals surface area contributed by atoms with Crippen LogP contribution < -0.4 is 0 Å². The number of aliphatic hydroxyl groups is 1. The lowest BCUT2D eigenvalue weighted by Crippen LogP contribution is -2.30. The van der Waals surface area contributed by atoms with E-state index >= 15 is 0 Å². The molecule has 19 heteroatoms. The summed E-state index contributed by atoms with van der Waals surface area (Å²) in [6, 6.07) is 0. The second-order valence-corrected chi connectivity index (χ2v) is 30.8. The van der Waals surface area contributed by atoms with Gasteiger partial charge in [-0.2, -0.15) is 0 Å². The zero-order valence-corrected chi connectivity index (χ0v) is 62.7. The van der Waals surface area contributed by atoms with Gasteiger partial charge < -0.3 is 33.8 Å². The van der Waals surface area contributed by atoms with Crippen molar-refractivity contribution in [2.45, 2.75) is 388 Å². The Balaban J connectivity index is 5.26. The minimum absolute atomic E-state index is 0.104. The topological polar surface area (TPSA) is 237 Å². The Bertz CT molecular complexity index is 1840. The summed E-state index contributed by atoms with van der Waals surface area (Å²) >= 11 is 0. The van der Waals surface area contributed by atoms with Crippen LogP contribution in [0.25, 0.3) is 0 Å². The third-order valence-electron chi connectivity index (χ3n) is 18.2. The van der Waals surface area contributed by atoms with E-state index in [1.165, 1.54) is 167 Å². The number of carbonyl (C=O) groups excluding carboxylic acids is 4. The summed E-state index contributed by atoms with van der Waals surface area (Å²) in [7, 11) is -9.91. The van der Waals surface area contributed by atoms with Gasteiger partial charge in [0.1, 0.15) is 19.3 Å². The largest absolute Gasteiger partial charge is 0.472 e. The molecule has 0 spiro atoms. The fraction of sp³-hybridized carbons (Fsp3) is 0.946. The highest BCUT2D eigenvalue weighted by Gasteiger charge is 2.30. The summed E-state index contributed by atoms with van der Waals surface area (Å²) in [5, 5.41) is 10.6. The first kappa shape index (κ1) is 91.1. The number of aliphatic hydroxyl groups excluding tert-OH is 1. The summed E-state index contributed by atoms with van der Waals surface area (Å²) < 4.78 is 68.4. The summed E-state index contributed by atoms with van der Waals surface area (Å²) in [4.78, 5) is 72.7. The lowest BCUT2D eigenvalue weighted by atomic mass is 9.99. The van der Waals surface area contributed by atoms with Crippen LogP contribution >= 0.6 is 15.6 Å². The third-order valence-corrected chi connectivity index (χ3v) is 20.1. The lowest BCUT2D eigenvalue weighted by Gasteiger charge is -2.21. The Morgan fingerprint density at radius 3 is 0.763 bits per heavy atom. The molecule has 0 rings (SSSR count).